The molecule has 8 nitrogen and oxygen atoms in total. The fraction of sp³-hybridized carbons (Fsp3) is 0.333. The van der Waals surface area contributed by atoms with Gasteiger partial charge in [0.15, 0.2) is 5.58 Å². The molecule has 0 aliphatic carbocycles. The van der Waals surface area contributed by atoms with Crippen molar-refractivity contribution >= 4 is 34.6 Å². The van der Waals surface area contributed by atoms with E-state index >= 15 is 0 Å². The minimum Gasteiger partial charge on any atom is -0.423 e. The van der Waals surface area contributed by atoms with Crippen LogP contribution in [-0.2, 0) is 0 Å². The molecule has 3 saturated heterocycles. The maximum Gasteiger partial charge on any atom is 0.298 e. The van der Waals surface area contributed by atoms with Crippen LogP contribution < -0.4 is 4.90 Å². The lowest BCUT2D eigenvalue weighted by Gasteiger charge is -2.38. The van der Waals surface area contributed by atoms with Crippen molar-refractivity contribution in [2.45, 2.75) is 38.3 Å². The summed E-state index contributed by atoms with van der Waals surface area (Å²) in [5, 5.41) is 9.13. The zero-order chi connectivity index (χ0) is 22.5. The molecular formula is C24H23ClN6O2. The van der Waals surface area contributed by atoms with Gasteiger partial charge in [-0.1, -0.05) is 23.2 Å². The number of fused-ring (bicyclic) bond motifs is 5. The van der Waals surface area contributed by atoms with E-state index in [9.17, 15) is 4.79 Å². The fourth-order valence-electron chi connectivity index (χ4n) is 5.04. The van der Waals surface area contributed by atoms with Crippen LogP contribution >= 0.6 is 11.6 Å². The van der Waals surface area contributed by atoms with Gasteiger partial charge in [-0.2, -0.15) is 20.0 Å². The monoisotopic (exact) mass is 462 g/mol. The van der Waals surface area contributed by atoms with Gasteiger partial charge < -0.3 is 14.2 Å². The molecule has 2 atom stereocenters. The van der Waals surface area contributed by atoms with Crippen molar-refractivity contribution < 1.29 is 9.21 Å². The van der Waals surface area contributed by atoms with Crippen LogP contribution in [0.2, 0.25) is 5.02 Å². The first-order valence-electron chi connectivity index (χ1n) is 11.2. The Morgan fingerprint density at radius 1 is 1.06 bits per heavy atom. The predicted molar refractivity (Wildman–Crippen MR) is 125 cm³/mol. The molecule has 33 heavy (non-hydrogen) atoms. The third-order valence-electron chi connectivity index (χ3n) is 6.69. The quantitative estimate of drug-likeness (QED) is 0.452. The average molecular weight is 463 g/mol. The first-order chi connectivity index (χ1) is 16.1. The van der Waals surface area contributed by atoms with Crippen LogP contribution in [0, 0.1) is 6.92 Å². The lowest BCUT2D eigenvalue weighted by atomic mass is 9.97. The molecule has 0 unspecified atom stereocenters. The Hall–Kier alpha value is -3.39. The molecule has 0 N–H and O–H groups in total. The van der Waals surface area contributed by atoms with E-state index in [0.29, 0.717) is 28.8 Å². The highest BCUT2D eigenvalue weighted by Crippen LogP contribution is 2.34. The topological polar surface area (TPSA) is 80.3 Å². The Balaban J connectivity index is 1.32. The van der Waals surface area contributed by atoms with Gasteiger partial charge in [-0.25, -0.2) is 0 Å². The number of rotatable bonds is 3. The van der Waals surface area contributed by atoms with E-state index in [1.54, 1.807) is 18.5 Å². The number of benzene rings is 2. The number of carbonyl (C=O) groups excluding carboxylic acids is 1. The van der Waals surface area contributed by atoms with Crippen molar-refractivity contribution in [1.82, 2.24) is 24.9 Å². The molecule has 168 valence electrons. The van der Waals surface area contributed by atoms with E-state index in [0.717, 1.165) is 42.5 Å². The Labute approximate surface area is 195 Å². The highest BCUT2D eigenvalue weighted by molar-refractivity contribution is 6.31. The van der Waals surface area contributed by atoms with Crippen molar-refractivity contribution in [2.24, 2.45) is 0 Å². The second kappa shape index (κ2) is 7.88. The van der Waals surface area contributed by atoms with Crippen molar-refractivity contribution in [2.75, 3.05) is 18.0 Å². The molecule has 3 fully saturated rings. The Morgan fingerprint density at radius 2 is 1.88 bits per heavy atom. The molecule has 4 aromatic rings. The van der Waals surface area contributed by atoms with Gasteiger partial charge in [0.2, 0.25) is 0 Å². The summed E-state index contributed by atoms with van der Waals surface area (Å²) >= 11 is 6.13. The summed E-state index contributed by atoms with van der Waals surface area (Å²) in [6, 6.07) is 12.2. The number of aryl methyl sites for hydroxylation is 1. The van der Waals surface area contributed by atoms with Crippen molar-refractivity contribution in [3.63, 3.8) is 0 Å². The molecule has 7 rings (SSSR count). The van der Waals surface area contributed by atoms with Crippen LogP contribution in [0.25, 0.3) is 16.8 Å². The van der Waals surface area contributed by atoms with Gasteiger partial charge in [-0.3, -0.25) is 4.79 Å². The van der Waals surface area contributed by atoms with Crippen LogP contribution in [0.15, 0.2) is 53.2 Å². The average Bonchev–Trinajstić information content (AvgIpc) is 3.41. The summed E-state index contributed by atoms with van der Waals surface area (Å²) in [5.74, 6) is 0.0203. The smallest absolute Gasteiger partial charge is 0.298 e. The van der Waals surface area contributed by atoms with Gasteiger partial charge in [-0.05, 0) is 56.5 Å². The highest BCUT2D eigenvalue weighted by Gasteiger charge is 2.40. The van der Waals surface area contributed by atoms with Crippen LogP contribution in [0.5, 0.6) is 0 Å². The van der Waals surface area contributed by atoms with Crippen LogP contribution in [0.4, 0.5) is 6.01 Å². The zero-order valence-corrected chi connectivity index (χ0v) is 18.9. The number of aromatic nitrogens is 4. The number of halogens is 1. The lowest BCUT2D eigenvalue weighted by Crippen LogP contribution is -2.50. The maximum absolute atomic E-state index is 13.8. The first kappa shape index (κ1) is 20.2. The minimum atomic E-state index is 0.0203. The van der Waals surface area contributed by atoms with Gasteiger partial charge >= 0.3 is 0 Å². The van der Waals surface area contributed by atoms with Gasteiger partial charge in [0, 0.05) is 24.2 Å². The Morgan fingerprint density at radius 3 is 2.73 bits per heavy atom. The molecule has 9 heteroatoms. The predicted octanol–water partition coefficient (Wildman–Crippen LogP) is 4.25. The number of hydrogen-bond acceptors (Lipinski definition) is 6. The Bertz CT molecular complexity index is 1330. The second-order valence-electron chi connectivity index (χ2n) is 8.77. The third-order valence-corrected chi connectivity index (χ3v) is 6.92. The van der Waals surface area contributed by atoms with Gasteiger partial charge in [0.25, 0.3) is 11.9 Å². The summed E-state index contributed by atoms with van der Waals surface area (Å²) in [7, 11) is 0. The molecule has 0 saturated carbocycles. The zero-order valence-electron chi connectivity index (χ0n) is 18.2. The largest absolute Gasteiger partial charge is 0.423 e. The molecule has 1 amide bonds. The molecule has 2 aromatic heterocycles. The molecule has 3 aliphatic rings. The van der Waals surface area contributed by atoms with Crippen LogP contribution in [-0.4, -0.2) is 56.0 Å². The van der Waals surface area contributed by atoms with E-state index in [-0.39, 0.29) is 18.0 Å². The molecule has 2 aromatic carbocycles. The summed E-state index contributed by atoms with van der Waals surface area (Å²) in [6.07, 6.45) is 6.05. The highest BCUT2D eigenvalue weighted by atomic mass is 35.5. The van der Waals surface area contributed by atoms with E-state index in [2.05, 4.69) is 15.1 Å². The van der Waals surface area contributed by atoms with Gasteiger partial charge in [-0.15, -0.1) is 0 Å². The molecule has 0 radical (unpaired) electrons. The van der Waals surface area contributed by atoms with Crippen molar-refractivity contribution in [3.8, 4) is 5.69 Å². The van der Waals surface area contributed by atoms with E-state index in [1.807, 2.05) is 42.2 Å². The SMILES string of the molecule is Cc1ccc(-n2nccn2)c(C(=O)N2C[C@@H]3CC[C@@H]2CCN3c2nc3cc(Cl)ccc3o2)c1. The number of piperidine rings is 1. The van der Waals surface area contributed by atoms with E-state index in [4.69, 9.17) is 21.0 Å². The normalized spacial score (nSPS) is 20.4. The lowest BCUT2D eigenvalue weighted by molar-refractivity contribution is 0.0611. The first-order valence-corrected chi connectivity index (χ1v) is 11.6. The molecule has 5 heterocycles. The number of amides is 1. The number of nitrogens with zero attached hydrogens (tertiary/aromatic N) is 6. The van der Waals surface area contributed by atoms with Gasteiger partial charge in [0.05, 0.1) is 29.7 Å². The summed E-state index contributed by atoms with van der Waals surface area (Å²) in [6.45, 7) is 3.41. The minimum absolute atomic E-state index is 0.0203. The molecule has 3 aliphatic heterocycles. The van der Waals surface area contributed by atoms with Crippen molar-refractivity contribution in [1.29, 1.82) is 0 Å². The van der Waals surface area contributed by atoms with E-state index in [1.165, 1.54) is 4.80 Å². The standard InChI is InChI=1S/C24H23ClN6O2/c1-15-2-6-21(31-26-9-10-27-31)19(12-15)23(32)30-14-18-5-4-17(30)8-11-29(18)24-28-20-13-16(25)3-7-22(20)33-24/h2-3,6-7,9-10,12-13,17-18H,4-5,8,11,14H2,1H3/t17-,18+/m1/s1. The second-order valence-corrected chi connectivity index (χ2v) is 9.21. The Kier molecular flexibility index (Phi) is 4.83. The number of anilines is 1. The number of hydrogen-bond donors (Lipinski definition) is 0. The van der Waals surface area contributed by atoms with Gasteiger partial charge in [0.1, 0.15) is 5.52 Å². The van der Waals surface area contributed by atoms with Crippen molar-refractivity contribution in [3.05, 3.63) is 64.9 Å². The fourth-order valence-corrected chi connectivity index (χ4v) is 5.20. The summed E-state index contributed by atoms with van der Waals surface area (Å²) < 4.78 is 6.07. The van der Waals surface area contributed by atoms with E-state index < -0.39 is 0 Å². The number of carbonyl (C=O) groups is 1. The summed E-state index contributed by atoms with van der Waals surface area (Å²) in [5.41, 5.74) is 3.82. The van der Waals surface area contributed by atoms with Crippen LogP contribution in [0.1, 0.15) is 35.2 Å². The third kappa shape index (κ3) is 3.54. The summed E-state index contributed by atoms with van der Waals surface area (Å²) in [4.78, 5) is 24.3. The molecule has 0 spiro atoms. The molecular weight excluding hydrogens is 440 g/mol. The maximum atomic E-state index is 13.8. The van der Waals surface area contributed by atoms with Crippen LogP contribution in [0.3, 0.4) is 0 Å². The molecule has 2 bridgehead atoms. The number of oxazole rings is 1.